The predicted molar refractivity (Wildman–Crippen MR) is 103 cm³/mol. The average Bonchev–Trinajstić information content (AvgIpc) is 2.69. The molecule has 4 aromatic carbocycles. The van der Waals surface area contributed by atoms with Gasteiger partial charge in [0.15, 0.2) is 0 Å². The number of nitrogens with zero attached hydrogens (tertiary/aromatic N) is 2. The van der Waals surface area contributed by atoms with Gasteiger partial charge < -0.3 is 4.90 Å². The molecule has 0 saturated heterocycles. The van der Waals surface area contributed by atoms with Gasteiger partial charge in [0.1, 0.15) is 0 Å². The zero-order valence-corrected chi connectivity index (χ0v) is 13.6. The maximum absolute atomic E-state index is 9.61. The highest BCUT2D eigenvalue weighted by atomic mass is 15.1. The fourth-order valence-corrected chi connectivity index (χ4v) is 3.18. The summed E-state index contributed by atoms with van der Waals surface area (Å²) in [5.41, 5.74) is 3.82. The summed E-state index contributed by atoms with van der Waals surface area (Å²) >= 11 is 0. The number of hydrogen-bond acceptors (Lipinski definition) is 2. The van der Waals surface area contributed by atoms with Crippen molar-refractivity contribution in [2.45, 2.75) is 0 Å². The van der Waals surface area contributed by atoms with Crippen molar-refractivity contribution < 1.29 is 0 Å². The lowest BCUT2D eigenvalue weighted by Crippen LogP contribution is -2.10. The Bertz CT molecular complexity index is 1000. The number of hydrogen-bond donors (Lipinski definition) is 0. The van der Waals surface area contributed by atoms with E-state index in [9.17, 15) is 5.26 Å². The molecule has 0 N–H and O–H groups in total. The van der Waals surface area contributed by atoms with Gasteiger partial charge in [-0.1, -0.05) is 60.7 Å². The van der Waals surface area contributed by atoms with Crippen molar-refractivity contribution in [1.29, 1.82) is 5.26 Å². The SMILES string of the molecule is N#Cc1cccc2cccc(N(c3ccccc3)c3ccccc3)c12. The van der Waals surface area contributed by atoms with Gasteiger partial charge in [-0.2, -0.15) is 5.26 Å². The topological polar surface area (TPSA) is 27.0 Å². The highest BCUT2D eigenvalue weighted by molar-refractivity contribution is 6.02. The van der Waals surface area contributed by atoms with Crippen molar-refractivity contribution in [3.63, 3.8) is 0 Å². The summed E-state index contributed by atoms with van der Waals surface area (Å²) in [6.07, 6.45) is 0. The van der Waals surface area contributed by atoms with E-state index in [4.69, 9.17) is 0 Å². The van der Waals surface area contributed by atoms with Crippen LogP contribution in [0.15, 0.2) is 97.1 Å². The van der Waals surface area contributed by atoms with E-state index in [0.717, 1.165) is 27.8 Å². The van der Waals surface area contributed by atoms with Crippen molar-refractivity contribution in [2.75, 3.05) is 4.90 Å². The zero-order chi connectivity index (χ0) is 17.1. The van der Waals surface area contributed by atoms with Crippen LogP contribution in [0.2, 0.25) is 0 Å². The molecule has 0 aliphatic rings. The summed E-state index contributed by atoms with van der Waals surface area (Å²) in [4.78, 5) is 2.20. The van der Waals surface area contributed by atoms with Crippen LogP contribution >= 0.6 is 0 Å². The lowest BCUT2D eigenvalue weighted by atomic mass is 10.0. The minimum atomic E-state index is 0.685. The molecule has 4 rings (SSSR count). The summed E-state index contributed by atoms with van der Waals surface area (Å²) in [7, 11) is 0. The first kappa shape index (κ1) is 15.0. The monoisotopic (exact) mass is 320 g/mol. The fraction of sp³-hybridized carbons (Fsp3) is 0. The maximum Gasteiger partial charge on any atom is 0.0998 e. The van der Waals surface area contributed by atoms with Gasteiger partial charge >= 0.3 is 0 Å². The first-order chi connectivity index (χ1) is 12.4. The number of rotatable bonds is 3. The van der Waals surface area contributed by atoms with Crippen molar-refractivity contribution in [3.8, 4) is 6.07 Å². The van der Waals surface area contributed by atoms with Gasteiger partial charge in [0, 0.05) is 16.8 Å². The molecule has 0 amide bonds. The molecule has 0 aliphatic heterocycles. The van der Waals surface area contributed by atoms with Gasteiger partial charge in [0.25, 0.3) is 0 Å². The molecule has 0 bridgehead atoms. The number of nitriles is 1. The number of para-hydroxylation sites is 2. The molecule has 2 heteroatoms. The molecule has 118 valence electrons. The Balaban J connectivity index is 2.05. The molecule has 4 aromatic rings. The number of fused-ring (bicyclic) bond motifs is 1. The molecular weight excluding hydrogens is 304 g/mol. The van der Waals surface area contributed by atoms with Crippen LogP contribution in [-0.2, 0) is 0 Å². The van der Waals surface area contributed by atoms with E-state index < -0.39 is 0 Å². The van der Waals surface area contributed by atoms with Crippen molar-refractivity contribution >= 4 is 27.8 Å². The van der Waals surface area contributed by atoms with Crippen LogP contribution in [0.25, 0.3) is 10.8 Å². The Morgan fingerprint density at radius 2 is 1.16 bits per heavy atom. The minimum absolute atomic E-state index is 0.685. The lowest BCUT2D eigenvalue weighted by molar-refractivity contribution is 1.30. The van der Waals surface area contributed by atoms with E-state index in [2.05, 4.69) is 41.3 Å². The Hall–Kier alpha value is -3.57. The van der Waals surface area contributed by atoms with E-state index in [1.54, 1.807) is 0 Å². The maximum atomic E-state index is 9.61. The first-order valence-corrected chi connectivity index (χ1v) is 8.20. The molecule has 2 nitrogen and oxygen atoms in total. The molecule has 0 aliphatic carbocycles. The van der Waals surface area contributed by atoms with E-state index in [1.165, 1.54) is 0 Å². The van der Waals surface area contributed by atoms with Crippen molar-refractivity contribution in [2.24, 2.45) is 0 Å². The lowest BCUT2D eigenvalue weighted by Gasteiger charge is -2.27. The molecule has 25 heavy (non-hydrogen) atoms. The average molecular weight is 320 g/mol. The van der Waals surface area contributed by atoms with Crippen molar-refractivity contribution in [1.82, 2.24) is 0 Å². The third-order valence-corrected chi connectivity index (χ3v) is 4.27. The fourth-order valence-electron chi connectivity index (χ4n) is 3.18. The highest BCUT2D eigenvalue weighted by Crippen LogP contribution is 2.39. The van der Waals surface area contributed by atoms with Gasteiger partial charge in [0.2, 0.25) is 0 Å². The quantitative estimate of drug-likeness (QED) is 0.450. The van der Waals surface area contributed by atoms with Gasteiger partial charge in [-0.25, -0.2) is 0 Å². The van der Waals surface area contributed by atoms with Crippen molar-refractivity contribution in [3.05, 3.63) is 103 Å². The van der Waals surface area contributed by atoms with Crippen LogP contribution in [0.4, 0.5) is 17.1 Å². The Kier molecular flexibility index (Phi) is 3.90. The predicted octanol–water partition coefficient (Wildman–Crippen LogP) is 6.18. The molecule has 0 fully saturated rings. The second kappa shape index (κ2) is 6.51. The second-order valence-corrected chi connectivity index (χ2v) is 5.80. The summed E-state index contributed by atoms with van der Waals surface area (Å²) in [5.74, 6) is 0. The summed E-state index contributed by atoms with van der Waals surface area (Å²) in [5, 5.41) is 11.7. The third-order valence-electron chi connectivity index (χ3n) is 4.27. The third kappa shape index (κ3) is 2.73. The van der Waals surface area contributed by atoms with Gasteiger partial charge in [-0.15, -0.1) is 0 Å². The standard InChI is InChI=1S/C23H16N2/c24-17-19-11-7-9-18-10-8-16-22(23(18)19)25(20-12-3-1-4-13-20)21-14-5-2-6-15-21/h1-16H. The van der Waals surface area contributed by atoms with E-state index in [0.29, 0.717) is 5.56 Å². The van der Waals surface area contributed by atoms with E-state index in [-0.39, 0.29) is 0 Å². The molecule has 0 saturated carbocycles. The Labute approximate surface area is 147 Å². The molecular formula is C23H16N2. The highest BCUT2D eigenvalue weighted by Gasteiger charge is 2.16. The first-order valence-electron chi connectivity index (χ1n) is 8.20. The molecule has 0 aromatic heterocycles. The van der Waals surface area contributed by atoms with Crippen LogP contribution in [0.3, 0.4) is 0 Å². The van der Waals surface area contributed by atoms with Crippen LogP contribution in [-0.4, -0.2) is 0 Å². The molecule has 0 unspecified atom stereocenters. The number of anilines is 3. The normalized spacial score (nSPS) is 10.4. The minimum Gasteiger partial charge on any atom is -0.310 e. The van der Waals surface area contributed by atoms with Gasteiger partial charge in [-0.05, 0) is 41.8 Å². The van der Waals surface area contributed by atoms with Crippen LogP contribution in [0.1, 0.15) is 5.56 Å². The van der Waals surface area contributed by atoms with Crippen LogP contribution < -0.4 is 4.90 Å². The smallest absolute Gasteiger partial charge is 0.0998 e. The van der Waals surface area contributed by atoms with Crippen LogP contribution in [0, 0.1) is 11.3 Å². The Morgan fingerprint density at radius 1 is 0.600 bits per heavy atom. The van der Waals surface area contributed by atoms with E-state index >= 15 is 0 Å². The summed E-state index contributed by atoms with van der Waals surface area (Å²) in [6, 6.07) is 34.8. The molecule has 0 radical (unpaired) electrons. The summed E-state index contributed by atoms with van der Waals surface area (Å²) in [6.45, 7) is 0. The zero-order valence-electron chi connectivity index (χ0n) is 13.6. The Morgan fingerprint density at radius 3 is 1.72 bits per heavy atom. The largest absolute Gasteiger partial charge is 0.310 e. The molecule has 0 heterocycles. The molecule has 0 atom stereocenters. The molecule has 0 spiro atoms. The summed E-state index contributed by atoms with van der Waals surface area (Å²) < 4.78 is 0. The van der Waals surface area contributed by atoms with Crippen LogP contribution in [0.5, 0.6) is 0 Å². The van der Waals surface area contributed by atoms with Gasteiger partial charge in [-0.3, -0.25) is 0 Å². The number of benzene rings is 4. The van der Waals surface area contributed by atoms with Gasteiger partial charge in [0.05, 0.1) is 17.3 Å². The second-order valence-electron chi connectivity index (χ2n) is 5.80. The van der Waals surface area contributed by atoms with E-state index in [1.807, 2.05) is 66.7 Å².